The molecule has 0 saturated heterocycles. The van der Waals surface area contributed by atoms with Gasteiger partial charge in [-0.05, 0) is 50.3 Å². The molecule has 0 spiro atoms. The lowest BCUT2D eigenvalue weighted by Crippen LogP contribution is -2.37. The Labute approximate surface area is 115 Å². The van der Waals surface area contributed by atoms with Crippen molar-refractivity contribution in [3.05, 3.63) is 30.1 Å². The first-order valence-corrected chi connectivity index (χ1v) is 7.45. The Bertz CT molecular complexity index is 394. The molecule has 1 fully saturated rings. The molecule has 1 aliphatic carbocycles. The molecule has 0 aliphatic heterocycles. The molecule has 2 nitrogen and oxygen atoms in total. The van der Waals surface area contributed by atoms with Crippen LogP contribution in [0.5, 0.6) is 0 Å². The summed E-state index contributed by atoms with van der Waals surface area (Å²) >= 11 is 0. The number of para-hydroxylation sites is 1. The first kappa shape index (κ1) is 14.3. The Morgan fingerprint density at radius 1 is 1.21 bits per heavy atom. The van der Waals surface area contributed by atoms with Gasteiger partial charge < -0.3 is 10.6 Å². The van der Waals surface area contributed by atoms with Crippen LogP contribution < -0.4 is 10.6 Å². The minimum atomic E-state index is -0.121. The summed E-state index contributed by atoms with van der Waals surface area (Å²) in [6.45, 7) is 4.63. The van der Waals surface area contributed by atoms with Gasteiger partial charge in [-0.25, -0.2) is 4.39 Å². The number of halogens is 1. The van der Waals surface area contributed by atoms with Gasteiger partial charge >= 0.3 is 0 Å². The van der Waals surface area contributed by atoms with Crippen molar-refractivity contribution in [1.82, 2.24) is 0 Å². The van der Waals surface area contributed by atoms with Crippen LogP contribution in [0.2, 0.25) is 0 Å². The van der Waals surface area contributed by atoms with Crippen LogP contribution in [0.1, 0.15) is 32.6 Å². The summed E-state index contributed by atoms with van der Waals surface area (Å²) < 4.78 is 13.9. The molecule has 1 aromatic carbocycles. The van der Waals surface area contributed by atoms with Crippen LogP contribution in [0.25, 0.3) is 0 Å². The predicted octanol–water partition coefficient (Wildman–Crippen LogP) is 3.42. The number of rotatable bonds is 5. The van der Waals surface area contributed by atoms with Gasteiger partial charge in [-0.15, -0.1) is 0 Å². The van der Waals surface area contributed by atoms with Crippen LogP contribution >= 0.6 is 0 Å². The molecular weight excluding hydrogens is 239 g/mol. The zero-order chi connectivity index (χ0) is 13.7. The summed E-state index contributed by atoms with van der Waals surface area (Å²) in [6, 6.07) is 7.07. The molecule has 2 rings (SSSR count). The number of hydrogen-bond donors (Lipinski definition) is 1. The van der Waals surface area contributed by atoms with Gasteiger partial charge in [-0.2, -0.15) is 0 Å². The van der Waals surface area contributed by atoms with E-state index in [2.05, 4.69) is 11.8 Å². The Hall–Kier alpha value is -1.09. The third-order valence-electron chi connectivity index (χ3n) is 4.40. The van der Waals surface area contributed by atoms with Gasteiger partial charge in [0.1, 0.15) is 5.82 Å². The van der Waals surface area contributed by atoms with Gasteiger partial charge in [0, 0.05) is 13.1 Å². The summed E-state index contributed by atoms with van der Waals surface area (Å²) in [5, 5.41) is 0. The van der Waals surface area contributed by atoms with Crippen molar-refractivity contribution in [3.8, 4) is 0 Å². The van der Waals surface area contributed by atoms with E-state index >= 15 is 0 Å². The smallest absolute Gasteiger partial charge is 0.146 e. The average molecular weight is 264 g/mol. The lowest BCUT2D eigenvalue weighted by atomic mass is 9.79. The van der Waals surface area contributed by atoms with Crippen molar-refractivity contribution < 1.29 is 4.39 Å². The van der Waals surface area contributed by atoms with Gasteiger partial charge in [-0.3, -0.25) is 0 Å². The molecule has 0 heterocycles. The molecule has 3 heteroatoms. The molecule has 19 heavy (non-hydrogen) atoms. The van der Waals surface area contributed by atoms with Crippen LogP contribution in [0.3, 0.4) is 0 Å². The lowest BCUT2D eigenvalue weighted by molar-refractivity contribution is 0.246. The summed E-state index contributed by atoms with van der Waals surface area (Å²) in [7, 11) is 0. The SMILES string of the molecule is CCN(CC1CCCCC1CN)c1ccccc1F. The minimum absolute atomic E-state index is 0.121. The molecule has 0 radical (unpaired) electrons. The number of nitrogens with two attached hydrogens (primary N) is 1. The van der Waals surface area contributed by atoms with E-state index in [0.717, 1.165) is 25.3 Å². The zero-order valence-corrected chi connectivity index (χ0v) is 11.8. The fourth-order valence-electron chi connectivity index (χ4n) is 3.22. The Kier molecular flexibility index (Phi) is 5.20. The van der Waals surface area contributed by atoms with E-state index in [9.17, 15) is 4.39 Å². The monoisotopic (exact) mass is 264 g/mol. The third kappa shape index (κ3) is 3.47. The molecular formula is C16H25FN2. The topological polar surface area (TPSA) is 29.3 Å². The van der Waals surface area contributed by atoms with Crippen LogP contribution in [-0.2, 0) is 0 Å². The van der Waals surface area contributed by atoms with E-state index in [1.54, 1.807) is 12.1 Å². The van der Waals surface area contributed by atoms with Gasteiger partial charge in [0.25, 0.3) is 0 Å². The maximum absolute atomic E-state index is 13.9. The van der Waals surface area contributed by atoms with E-state index < -0.39 is 0 Å². The van der Waals surface area contributed by atoms with Crippen molar-refractivity contribution in [3.63, 3.8) is 0 Å². The summed E-state index contributed by atoms with van der Waals surface area (Å²) in [5.74, 6) is 1.09. The molecule has 0 aromatic heterocycles. The fourth-order valence-corrected chi connectivity index (χ4v) is 3.22. The molecule has 106 valence electrons. The normalized spacial score (nSPS) is 23.3. The van der Waals surface area contributed by atoms with E-state index in [1.165, 1.54) is 25.7 Å². The molecule has 2 atom stereocenters. The number of benzene rings is 1. The quantitative estimate of drug-likeness (QED) is 0.883. The van der Waals surface area contributed by atoms with Crippen molar-refractivity contribution in [2.24, 2.45) is 17.6 Å². The predicted molar refractivity (Wildman–Crippen MR) is 78.8 cm³/mol. The van der Waals surface area contributed by atoms with Gasteiger partial charge in [0.15, 0.2) is 0 Å². The molecule has 0 amide bonds. The van der Waals surface area contributed by atoms with E-state index in [0.29, 0.717) is 11.8 Å². The molecule has 0 bridgehead atoms. The number of nitrogens with zero attached hydrogens (tertiary/aromatic N) is 1. The summed E-state index contributed by atoms with van der Waals surface area (Å²) in [5.41, 5.74) is 6.61. The molecule has 1 aliphatic rings. The van der Waals surface area contributed by atoms with Crippen molar-refractivity contribution in [2.75, 3.05) is 24.5 Å². The number of anilines is 1. The van der Waals surface area contributed by atoms with E-state index in [-0.39, 0.29) is 5.82 Å². The molecule has 2 N–H and O–H groups in total. The maximum Gasteiger partial charge on any atom is 0.146 e. The zero-order valence-electron chi connectivity index (χ0n) is 11.8. The van der Waals surface area contributed by atoms with Crippen LogP contribution in [-0.4, -0.2) is 19.6 Å². The van der Waals surface area contributed by atoms with E-state index in [1.807, 2.05) is 12.1 Å². The van der Waals surface area contributed by atoms with E-state index in [4.69, 9.17) is 5.73 Å². The molecule has 1 aromatic rings. The Morgan fingerprint density at radius 2 is 1.89 bits per heavy atom. The molecule has 1 saturated carbocycles. The van der Waals surface area contributed by atoms with Crippen LogP contribution in [0.4, 0.5) is 10.1 Å². The summed E-state index contributed by atoms with van der Waals surface area (Å²) in [6.07, 6.45) is 5.04. The minimum Gasteiger partial charge on any atom is -0.369 e. The first-order valence-electron chi connectivity index (χ1n) is 7.45. The second-order valence-electron chi connectivity index (χ2n) is 5.53. The van der Waals surface area contributed by atoms with Gasteiger partial charge in [0.2, 0.25) is 0 Å². The van der Waals surface area contributed by atoms with Gasteiger partial charge in [0.05, 0.1) is 5.69 Å². The highest BCUT2D eigenvalue weighted by atomic mass is 19.1. The fraction of sp³-hybridized carbons (Fsp3) is 0.625. The van der Waals surface area contributed by atoms with Crippen molar-refractivity contribution in [2.45, 2.75) is 32.6 Å². The number of hydrogen-bond acceptors (Lipinski definition) is 2. The molecule has 2 unspecified atom stereocenters. The van der Waals surface area contributed by atoms with Gasteiger partial charge in [-0.1, -0.05) is 25.0 Å². The largest absolute Gasteiger partial charge is 0.369 e. The second-order valence-corrected chi connectivity index (χ2v) is 5.53. The lowest BCUT2D eigenvalue weighted by Gasteiger charge is -2.35. The van der Waals surface area contributed by atoms with Crippen LogP contribution in [0, 0.1) is 17.7 Å². The maximum atomic E-state index is 13.9. The highest BCUT2D eigenvalue weighted by Crippen LogP contribution is 2.31. The standard InChI is InChI=1S/C16H25FN2/c1-2-19(16-10-6-5-9-15(16)17)12-14-8-4-3-7-13(14)11-18/h5-6,9-10,13-14H,2-4,7-8,11-12,18H2,1H3. The highest BCUT2D eigenvalue weighted by molar-refractivity contribution is 5.47. The second kappa shape index (κ2) is 6.90. The average Bonchev–Trinajstić information content (AvgIpc) is 2.46. The first-order chi connectivity index (χ1) is 9.26. The van der Waals surface area contributed by atoms with Crippen LogP contribution in [0.15, 0.2) is 24.3 Å². The van der Waals surface area contributed by atoms with Crippen molar-refractivity contribution >= 4 is 5.69 Å². The third-order valence-corrected chi connectivity index (χ3v) is 4.40. The summed E-state index contributed by atoms with van der Waals surface area (Å²) in [4.78, 5) is 2.16. The Morgan fingerprint density at radius 3 is 2.53 bits per heavy atom. The van der Waals surface area contributed by atoms with Crippen molar-refractivity contribution in [1.29, 1.82) is 0 Å². The Balaban J connectivity index is 2.08. The highest BCUT2D eigenvalue weighted by Gasteiger charge is 2.26.